The Morgan fingerprint density at radius 2 is 2.19 bits per heavy atom. The zero-order chi connectivity index (χ0) is 22.3. The molecule has 2 fully saturated rings. The van der Waals surface area contributed by atoms with Crippen LogP contribution in [-0.4, -0.2) is 46.7 Å². The minimum Gasteiger partial charge on any atom is -0.396 e. The molecule has 3 aliphatic rings. The van der Waals surface area contributed by atoms with Gasteiger partial charge in [0.1, 0.15) is 11.5 Å². The normalized spacial score (nSPS) is 20.5. The molecule has 1 aliphatic carbocycles. The van der Waals surface area contributed by atoms with E-state index in [0.717, 1.165) is 36.9 Å². The number of hydrogen-bond acceptors (Lipinski definition) is 6. The van der Waals surface area contributed by atoms with Crippen LogP contribution in [0, 0.1) is 17.7 Å². The largest absolute Gasteiger partial charge is 0.396 e. The van der Waals surface area contributed by atoms with Crippen LogP contribution >= 0.6 is 0 Å². The monoisotopic (exact) mass is 435 g/mol. The Kier molecular flexibility index (Phi) is 5.31. The van der Waals surface area contributed by atoms with Gasteiger partial charge < -0.3 is 20.6 Å². The van der Waals surface area contributed by atoms with Gasteiger partial charge in [-0.25, -0.2) is 14.4 Å². The molecule has 1 atom stereocenters. The van der Waals surface area contributed by atoms with Crippen molar-refractivity contribution < 1.29 is 14.3 Å². The van der Waals surface area contributed by atoms with Crippen LogP contribution in [0.2, 0.25) is 0 Å². The van der Waals surface area contributed by atoms with Crippen LogP contribution in [0.5, 0.6) is 0 Å². The van der Waals surface area contributed by atoms with E-state index in [1.165, 1.54) is 12.1 Å². The Hall–Kier alpha value is -3.02. The lowest BCUT2D eigenvalue weighted by molar-refractivity contribution is -0.120. The van der Waals surface area contributed by atoms with Crippen LogP contribution in [0.4, 0.5) is 16.0 Å². The van der Waals surface area contributed by atoms with Gasteiger partial charge in [0.15, 0.2) is 0 Å². The molecule has 7 nitrogen and oxygen atoms in total. The quantitative estimate of drug-likeness (QED) is 0.550. The first kappa shape index (κ1) is 20.9. The fourth-order valence-electron chi connectivity index (χ4n) is 4.61. The molecule has 32 heavy (non-hydrogen) atoms. The fraction of sp³-hybridized carbons (Fsp3) is 0.458. The third-order valence-corrected chi connectivity index (χ3v) is 6.53. The van der Waals surface area contributed by atoms with Gasteiger partial charge in [0.25, 0.3) is 0 Å². The minimum atomic E-state index is -0.498. The van der Waals surface area contributed by atoms with Crippen LogP contribution in [0.1, 0.15) is 48.9 Å². The number of hydrogen-bond donors (Lipinski definition) is 2. The Labute approximate surface area is 186 Å². The van der Waals surface area contributed by atoms with Crippen LogP contribution in [0.15, 0.2) is 24.4 Å². The standard InChI is InChI=1S/C24H26FN5O2/c25-17-5-6-19-21(12-17)30(22(32)24(19)8-9-24)14-16-13-27-23(29-10-7-18(26)15-29)28-20(16)4-2-1-3-11-31/h5-6,12-13,18,31H,1,3,7-11,14-15,26H2. The number of halogens is 1. The van der Waals surface area contributed by atoms with Crippen LogP contribution in [0.25, 0.3) is 0 Å². The number of benzene rings is 1. The van der Waals surface area contributed by atoms with Gasteiger partial charge in [0.2, 0.25) is 11.9 Å². The summed E-state index contributed by atoms with van der Waals surface area (Å²) < 4.78 is 14.0. The summed E-state index contributed by atoms with van der Waals surface area (Å²) in [6.45, 7) is 1.80. The van der Waals surface area contributed by atoms with Crippen molar-refractivity contribution in [1.29, 1.82) is 0 Å². The van der Waals surface area contributed by atoms with Gasteiger partial charge >= 0.3 is 0 Å². The molecule has 8 heteroatoms. The highest BCUT2D eigenvalue weighted by Crippen LogP contribution is 2.57. The van der Waals surface area contributed by atoms with Gasteiger partial charge in [-0.15, -0.1) is 0 Å². The molecule has 1 spiro atoms. The fourth-order valence-corrected chi connectivity index (χ4v) is 4.61. The summed E-state index contributed by atoms with van der Waals surface area (Å²) in [5.41, 5.74) is 8.34. The summed E-state index contributed by atoms with van der Waals surface area (Å²) in [4.78, 5) is 26.2. The Bertz CT molecular complexity index is 1120. The lowest BCUT2D eigenvalue weighted by atomic mass is 9.98. The first-order valence-electron chi connectivity index (χ1n) is 11.1. The maximum Gasteiger partial charge on any atom is 0.238 e. The highest BCUT2D eigenvalue weighted by Gasteiger charge is 2.59. The molecule has 1 saturated heterocycles. The van der Waals surface area contributed by atoms with E-state index in [2.05, 4.69) is 16.8 Å². The summed E-state index contributed by atoms with van der Waals surface area (Å²) in [7, 11) is 0. The Balaban J connectivity index is 1.48. The van der Waals surface area contributed by atoms with Gasteiger partial charge in [-0.2, -0.15) is 0 Å². The van der Waals surface area contributed by atoms with Crippen molar-refractivity contribution in [3.05, 3.63) is 47.0 Å². The zero-order valence-electron chi connectivity index (χ0n) is 17.9. The first-order valence-corrected chi connectivity index (χ1v) is 11.1. The smallest absolute Gasteiger partial charge is 0.238 e. The number of anilines is 2. The van der Waals surface area contributed by atoms with Gasteiger partial charge in [-0.05, 0) is 49.3 Å². The highest BCUT2D eigenvalue weighted by molar-refractivity contribution is 6.10. The van der Waals surface area contributed by atoms with E-state index < -0.39 is 5.41 Å². The number of carbonyl (C=O) groups excluding carboxylic acids is 1. The molecular formula is C24H26FN5O2. The number of unbranched alkanes of at least 4 members (excludes halogenated alkanes) is 1. The number of aromatic nitrogens is 2. The highest BCUT2D eigenvalue weighted by atomic mass is 19.1. The lowest BCUT2D eigenvalue weighted by Crippen LogP contribution is -2.32. The van der Waals surface area contributed by atoms with Crippen molar-refractivity contribution in [2.45, 2.75) is 50.1 Å². The Morgan fingerprint density at radius 3 is 2.91 bits per heavy atom. The summed E-state index contributed by atoms with van der Waals surface area (Å²) in [5.74, 6) is 6.38. The molecule has 2 aromatic rings. The van der Waals surface area contributed by atoms with Crippen LogP contribution in [0.3, 0.4) is 0 Å². The van der Waals surface area contributed by atoms with E-state index in [4.69, 9.17) is 15.8 Å². The molecule has 0 bridgehead atoms. The number of rotatable bonds is 5. The molecule has 5 rings (SSSR count). The maximum atomic E-state index is 14.0. The van der Waals surface area contributed by atoms with E-state index in [-0.39, 0.29) is 30.9 Å². The molecule has 1 aromatic carbocycles. The Morgan fingerprint density at radius 1 is 1.34 bits per heavy atom. The summed E-state index contributed by atoms with van der Waals surface area (Å²) >= 11 is 0. The second kappa shape index (κ2) is 8.15. The van der Waals surface area contributed by atoms with Crippen molar-refractivity contribution in [2.75, 3.05) is 29.5 Å². The molecule has 166 valence electrons. The summed E-state index contributed by atoms with van der Waals surface area (Å²) in [6, 6.07) is 4.70. The third kappa shape index (κ3) is 3.61. The van der Waals surface area contributed by atoms with E-state index in [1.54, 1.807) is 17.2 Å². The zero-order valence-corrected chi connectivity index (χ0v) is 17.9. The SMILES string of the molecule is NC1CCN(c2ncc(CN3C(=O)C4(CC4)c4ccc(F)cc43)c(C#CCCCO)n2)C1. The molecular weight excluding hydrogens is 409 g/mol. The molecule has 3 N–H and O–H groups in total. The average molecular weight is 436 g/mol. The molecule has 1 amide bonds. The van der Waals surface area contributed by atoms with Crippen LogP contribution < -0.4 is 15.5 Å². The van der Waals surface area contributed by atoms with Crippen molar-refractivity contribution >= 4 is 17.5 Å². The van der Waals surface area contributed by atoms with Gasteiger partial charge in [-0.3, -0.25) is 4.79 Å². The molecule has 0 radical (unpaired) electrons. The predicted octanol–water partition coefficient (Wildman–Crippen LogP) is 1.86. The number of nitrogens with two attached hydrogens (primary N) is 1. The number of aliphatic hydroxyl groups excluding tert-OH is 1. The molecule has 1 saturated carbocycles. The molecule has 3 heterocycles. The van der Waals surface area contributed by atoms with Crippen molar-refractivity contribution in [3.8, 4) is 11.8 Å². The van der Waals surface area contributed by atoms with E-state index >= 15 is 0 Å². The number of nitrogens with zero attached hydrogens (tertiary/aromatic N) is 4. The maximum absolute atomic E-state index is 14.0. The number of carbonyl (C=O) groups is 1. The number of fused-ring (bicyclic) bond motifs is 2. The van der Waals surface area contributed by atoms with Crippen molar-refractivity contribution in [2.24, 2.45) is 5.73 Å². The topological polar surface area (TPSA) is 95.6 Å². The van der Waals surface area contributed by atoms with E-state index in [0.29, 0.717) is 36.7 Å². The molecule has 1 aromatic heterocycles. The lowest BCUT2D eigenvalue weighted by Gasteiger charge is -2.20. The summed E-state index contributed by atoms with van der Waals surface area (Å²) in [6.07, 6.45) is 5.31. The summed E-state index contributed by atoms with van der Waals surface area (Å²) in [5, 5.41) is 9.03. The second-order valence-electron chi connectivity index (χ2n) is 8.80. The van der Waals surface area contributed by atoms with Crippen molar-refractivity contribution in [1.82, 2.24) is 9.97 Å². The van der Waals surface area contributed by atoms with Gasteiger partial charge in [-0.1, -0.05) is 12.0 Å². The minimum absolute atomic E-state index is 0.00637. The van der Waals surface area contributed by atoms with E-state index in [1.807, 2.05) is 4.90 Å². The second-order valence-corrected chi connectivity index (χ2v) is 8.80. The van der Waals surface area contributed by atoms with E-state index in [9.17, 15) is 9.18 Å². The number of amides is 1. The predicted molar refractivity (Wildman–Crippen MR) is 119 cm³/mol. The average Bonchev–Trinajstić information content (AvgIpc) is 3.43. The molecule has 2 aliphatic heterocycles. The van der Waals surface area contributed by atoms with Crippen LogP contribution in [-0.2, 0) is 16.8 Å². The van der Waals surface area contributed by atoms with Gasteiger partial charge in [0, 0.05) is 43.9 Å². The first-order chi connectivity index (χ1) is 15.5. The third-order valence-electron chi connectivity index (χ3n) is 6.53. The number of aliphatic hydroxyl groups is 1. The van der Waals surface area contributed by atoms with Crippen molar-refractivity contribution in [3.63, 3.8) is 0 Å². The van der Waals surface area contributed by atoms with Gasteiger partial charge in [0.05, 0.1) is 17.6 Å². The molecule has 1 unspecified atom stereocenters.